The van der Waals surface area contributed by atoms with E-state index in [-0.39, 0.29) is 22.9 Å². The maximum absolute atomic E-state index is 12.8. The molecule has 0 unspecified atom stereocenters. The van der Waals surface area contributed by atoms with Gasteiger partial charge in [-0.25, -0.2) is 13.1 Å². The Hall–Kier alpha value is -2.18. The molecule has 28 heavy (non-hydrogen) atoms. The summed E-state index contributed by atoms with van der Waals surface area (Å²) in [5, 5.41) is 3.07. The highest BCUT2D eigenvalue weighted by molar-refractivity contribution is 7.89. The summed E-state index contributed by atoms with van der Waals surface area (Å²) in [5.41, 5.74) is 2.07. The van der Waals surface area contributed by atoms with Crippen LogP contribution in [0.25, 0.3) is 0 Å². The van der Waals surface area contributed by atoms with Gasteiger partial charge in [0.05, 0.1) is 4.90 Å². The molecule has 0 bridgehead atoms. The van der Waals surface area contributed by atoms with Crippen molar-refractivity contribution in [2.24, 2.45) is 0 Å². The first-order valence-corrected chi connectivity index (χ1v) is 11.3. The second kappa shape index (κ2) is 8.88. The number of aryl methyl sites for hydroxylation is 1. The molecule has 2 aromatic rings. The Morgan fingerprint density at radius 1 is 1.04 bits per heavy atom. The maximum atomic E-state index is 12.8. The average molecular weight is 401 g/mol. The Kier molecular flexibility index (Phi) is 6.52. The van der Waals surface area contributed by atoms with E-state index in [1.165, 1.54) is 12.5 Å². The highest BCUT2D eigenvalue weighted by atomic mass is 32.2. The third-order valence-electron chi connectivity index (χ3n) is 5.34. The number of carbonyl (C=O) groups excluding carboxylic acids is 1. The molecule has 1 amide bonds. The molecular formula is C22H28N2O3S. The summed E-state index contributed by atoms with van der Waals surface area (Å²) >= 11 is 0. The number of nitrogens with one attached hydrogen (secondary N) is 2. The molecular weight excluding hydrogens is 372 g/mol. The molecule has 0 saturated heterocycles. The molecule has 1 fully saturated rings. The number of rotatable bonds is 6. The van der Waals surface area contributed by atoms with Crippen LogP contribution in [0.3, 0.4) is 0 Å². The second-order valence-corrected chi connectivity index (χ2v) is 9.25. The molecule has 150 valence electrons. The van der Waals surface area contributed by atoms with Gasteiger partial charge in [0.15, 0.2) is 0 Å². The van der Waals surface area contributed by atoms with Gasteiger partial charge in [-0.1, -0.05) is 55.7 Å². The van der Waals surface area contributed by atoms with Crippen LogP contribution in [0.5, 0.6) is 0 Å². The van der Waals surface area contributed by atoms with Gasteiger partial charge in [-0.3, -0.25) is 4.79 Å². The Morgan fingerprint density at radius 3 is 2.39 bits per heavy atom. The fraction of sp³-hybridized carbons (Fsp3) is 0.409. The monoisotopic (exact) mass is 400 g/mol. The molecule has 1 atom stereocenters. The molecule has 0 radical (unpaired) electrons. The van der Waals surface area contributed by atoms with E-state index < -0.39 is 10.0 Å². The van der Waals surface area contributed by atoms with Gasteiger partial charge in [-0.05, 0) is 49.9 Å². The second-order valence-electron chi connectivity index (χ2n) is 7.54. The summed E-state index contributed by atoms with van der Waals surface area (Å²) in [6.45, 7) is 3.63. The number of sulfonamides is 1. The molecule has 2 aromatic carbocycles. The number of benzene rings is 2. The summed E-state index contributed by atoms with van der Waals surface area (Å²) in [7, 11) is -3.74. The smallest absolute Gasteiger partial charge is 0.251 e. The van der Waals surface area contributed by atoms with E-state index in [0.29, 0.717) is 5.56 Å². The van der Waals surface area contributed by atoms with Crippen LogP contribution >= 0.6 is 0 Å². The zero-order valence-electron chi connectivity index (χ0n) is 16.4. The Bertz CT molecular complexity index is 920. The number of carbonyl (C=O) groups is 1. The lowest BCUT2D eigenvalue weighted by Gasteiger charge is -2.23. The molecule has 1 aliphatic rings. The molecule has 3 rings (SSSR count). The minimum atomic E-state index is -3.74. The fourth-order valence-electron chi connectivity index (χ4n) is 3.63. The van der Waals surface area contributed by atoms with Gasteiger partial charge in [-0.15, -0.1) is 0 Å². The van der Waals surface area contributed by atoms with E-state index in [1.807, 2.05) is 37.3 Å². The lowest BCUT2D eigenvalue weighted by Crippen LogP contribution is -2.36. The van der Waals surface area contributed by atoms with Gasteiger partial charge in [-0.2, -0.15) is 0 Å². The van der Waals surface area contributed by atoms with E-state index in [9.17, 15) is 13.2 Å². The van der Waals surface area contributed by atoms with Crippen molar-refractivity contribution in [1.29, 1.82) is 0 Å². The Labute approximate surface area is 167 Å². The number of hydrogen-bond donors (Lipinski definition) is 2. The van der Waals surface area contributed by atoms with E-state index in [2.05, 4.69) is 10.0 Å². The SMILES string of the molecule is Cc1ccc(S(=O)(=O)N[C@@H](C)c2ccccc2)cc1C(=O)NC1CCCCC1. The van der Waals surface area contributed by atoms with Crippen molar-refractivity contribution < 1.29 is 13.2 Å². The van der Waals surface area contributed by atoms with E-state index in [0.717, 1.165) is 36.8 Å². The van der Waals surface area contributed by atoms with Crippen LogP contribution < -0.4 is 10.0 Å². The summed E-state index contributed by atoms with van der Waals surface area (Å²) < 4.78 is 28.4. The van der Waals surface area contributed by atoms with Gasteiger partial charge in [0.25, 0.3) is 5.91 Å². The molecule has 2 N–H and O–H groups in total. The molecule has 0 aliphatic heterocycles. The van der Waals surface area contributed by atoms with Crippen LogP contribution in [-0.2, 0) is 10.0 Å². The molecule has 0 spiro atoms. The topological polar surface area (TPSA) is 75.3 Å². The lowest BCUT2D eigenvalue weighted by molar-refractivity contribution is 0.0927. The zero-order valence-corrected chi connectivity index (χ0v) is 17.3. The van der Waals surface area contributed by atoms with Crippen molar-refractivity contribution in [2.75, 3.05) is 0 Å². The Morgan fingerprint density at radius 2 is 1.71 bits per heavy atom. The van der Waals surface area contributed by atoms with Crippen molar-refractivity contribution in [3.8, 4) is 0 Å². The molecule has 1 aliphatic carbocycles. The quantitative estimate of drug-likeness (QED) is 0.767. The van der Waals surface area contributed by atoms with Gasteiger partial charge in [0.2, 0.25) is 10.0 Å². The third-order valence-corrected chi connectivity index (χ3v) is 6.87. The van der Waals surface area contributed by atoms with Crippen LogP contribution in [0.1, 0.15) is 66.6 Å². The van der Waals surface area contributed by atoms with Crippen LogP contribution in [0.2, 0.25) is 0 Å². The van der Waals surface area contributed by atoms with Crippen LogP contribution in [0, 0.1) is 6.92 Å². The van der Waals surface area contributed by atoms with Gasteiger partial charge >= 0.3 is 0 Å². The standard InChI is InChI=1S/C22H28N2O3S/c1-16-13-14-20(15-21(16)22(25)23-19-11-7-4-8-12-19)28(26,27)24-17(2)18-9-5-3-6-10-18/h3,5-6,9-10,13-15,17,19,24H,4,7-8,11-12H2,1-2H3,(H,23,25)/t17-/m0/s1. The molecule has 0 aromatic heterocycles. The first-order chi connectivity index (χ1) is 13.4. The van der Waals surface area contributed by atoms with Gasteiger partial charge < -0.3 is 5.32 Å². The van der Waals surface area contributed by atoms with Gasteiger partial charge in [0, 0.05) is 17.6 Å². The fourth-order valence-corrected chi connectivity index (χ4v) is 4.89. The third kappa shape index (κ3) is 5.00. The largest absolute Gasteiger partial charge is 0.349 e. The highest BCUT2D eigenvalue weighted by Gasteiger charge is 2.22. The van der Waals surface area contributed by atoms with E-state index >= 15 is 0 Å². The van der Waals surface area contributed by atoms with Crippen LogP contribution in [0.15, 0.2) is 53.4 Å². The number of hydrogen-bond acceptors (Lipinski definition) is 3. The van der Waals surface area contributed by atoms with Crippen LogP contribution in [-0.4, -0.2) is 20.4 Å². The van der Waals surface area contributed by atoms with Crippen LogP contribution in [0.4, 0.5) is 0 Å². The summed E-state index contributed by atoms with van der Waals surface area (Å²) in [6, 6.07) is 13.9. The summed E-state index contributed by atoms with van der Waals surface area (Å²) in [4.78, 5) is 12.8. The lowest BCUT2D eigenvalue weighted by atomic mass is 9.95. The molecule has 6 heteroatoms. The van der Waals surface area contributed by atoms with E-state index in [4.69, 9.17) is 0 Å². The van der Waals surface area contributed by atoms with Crippen molar-refractivity contribution in [3.63, 3.8) is 0 Å². The molecule has 5 nitrogen and oxygen atoms in total. The first-order valence-electron chi connectivity index (χ1n) is 9.85. The highest BCUT2D eigenvalue weighted by Crippen LogP contribution is 2.21. The zero-order chi connectivity index (χ0) is 20.1. The summed E-state index contributed by atoms with van der Waals surface area (Å²) in [6.07, 6.45) is 5.43. The van der Waals surface area contributed by atoms with Crippen molar-refractivity contribution in [3.05, 3.63) is 65.2 Å². The molecule has 1 saturated carbocycles. The predicted octanol–water partition coefficient (Wildman–Crippen LogP) is 4.10. The average Bonchev–Trinajstić information content (AvgIpc) is 2.69. The van der Waals surface area contributed by atoms with Crippen molar-refractivity contribution in [1.82, 2.24) is 10.0 Å². The van der Waals surface area contributed by atoms with E-state index in [1.54, 1.807) is 19.1 Å². The normalized spacial score (nSPS) is 16.5. The molecule has 0 heterocycles. The minimum absolute atomic E-state index is 0.106. The van der Waals surface area contributed by atoms with Crippen molar-refractivity contribution in [2.45, 2.75) is 62.9 Å². The minimum Gasteiger partial charge on any atom is -0.349 e. The first kappa shape index (κ1) is 20.6. The Balaban J connectivity index is 1.78. The van der Waals surface area contributed by atoms with Gasteiger partial charge in [0.1, 0.15) is 0 Å². The summed E-state index contributed by atoms with van der Waals surface area (Å²) in [5.74, 6) is -0.197. The number of amides is 1. The predicted molar refractivity (Wildman–Crippen MR) is 111 cm³/mol. The maximum Gasteiger partial charge on any atom is 0.251 e. The van der Waals surface area contributed by atoms with Crippen molar-refractivity contribution >= 4 is 15.9 Å².